The lowest BCUT2D eigenvalue weighted by Crippen LogP contribution is -2.53. The molecule has 2 saturated heterocycles. The molecule has 2 amide bonds. The molecule has 0 unspecified atom stereocenters. The first-order valence-electron chi connectivity index (χ1n) is 18.1. The Bertz CT molecular complexity index is 1730. The second kappa shape index (κ2) is 19.6. The molecule has 0 N–H and O–H groups in total. The number of benzene rings is 4. The standard InChI is InChI=1S/2C21H23Cl2NO2S/c2*1-3-18(13(2)27)24-19(25)12-26-21(15-5-4-6-17(23)11-15)20(24)14-7-9-16(22)10-8-14/h2*4-11,13,18,20-21,27H,3,12H2,1-2H3/t13-,18+,20-,21-;13-,18-,20+,21+/m10/s1. The van der Waals surface area contributed by atoms with E-state index in [9.17, 15) is 9.59 Å². The van der Waals surface area contributed by atoms with Crippen molar-refractivity contribution in [1.82, 2.24) is 9.80 Å². The summed E-state index contributed by atoms with van der Waals surface area (Å²) in [6.07, 6.45) is 0.985. The van der Waals surface area contributed by atoms with E-state index in [-0.39, 0.29) is 71.9 Å². The molecule has 2 fully saturated rings. The first-order chi connectivity index (χ1) is 25.8. The highest BCUT2D eigenvalue weighted by molar-refractivity contribution is 7.81. The van der Waals surface area contributed by atoms with Gasteiger partial charge in [0.1, 0.15) is 25.4 Å². The summed E-state index contributed by atoms with van der Waals surface area (Å²) in [7, 11) is 0. The maximum Gasteiger partial charge on any atom is 0.249 e. The smallest absolute Gasteiger partial charge is 0.249 e. The van der Waals surface area contributed by atoms with Crippen LogP contribution in [0.2, 0.25) is 20.1 Å². The van der Waals surface area contributed by atoms with E-state index < -0.39 is 0 Å². The molecule has 0 aliphatic carbocycles. The van der Waals surface area contributed by atoms with Crippen molar-refractivity contribution in [1.29, 1.82) is 0 Å². The lowest BCUT2D eigenvalue weighted by molar-refractivity contribution is -0.163. The van der Waals surface area contributed by atoms with Gasteiger partial charge < -0.3 is 19.3 Å². The Labute approximate surface area is 350 Å². The van der Waals surface area contributed by atoms with Crippen molar-refractivity contribution in [3.05, 3.63) is 139 Å². The van der Waals surface area contributed by atoms with Crippen LogP contribution in [-0.4, -0.2) is 57.4 Å². The average molecular weight is 849 g/mol. The molecule has 6 rings (SSSR count). The minimum absolute atomic E-state index is 0.00732. The van der Waals surface area contributed by atoms with E-state index in [4.69, 9.17) is 55.9 Å². The number of rotatable bonds is 10. The zero-order chi connectivity index (χ0) is 39.1. The normalized spacial score (nSPS) is 22.6. The van der Waals surface area contributed by atoms with Gasteiger partial charge in [0.2, 0.25) is 11.8 Å². The molecule has 2 aliphatic heterocycles. The molecule has 0 aromatic heterocycles. The molecule has 2 heterocycles. The summed E-state index contributed by atoms with van der Waals surface area (Å²) in [5.74, 6) is -0.0537. The number of morpholine rings is 2. The van der Waals surface area contributed by atoms with Gasteiger partial charge in [0.25, 0.3) is 0 Å². The van der Waals surface area contributed by atoms with Gasteiger partial charge in [0, 0.05) is 42.7 Å². The van der Waals surface area contributed by atoms with Crippen LogP contribution in [0.4, 0.5) is 0 Å². The van der Waals surface area contributed by atoms with Crippen molar-refractivity contribution in [3.8, 4) is 0 Å². The number of halogens is 4. The van der Waals surface area contributed by atoms with Crippen molar-refractivity contribution in [2.45, 2.75) is 87.4 Å². The van der Waals surface area contributed by atoms with Crippen LogP contribution in [0.3, 0.4) is 0 Å². The second-order valence-electron chi connectivity index (χ2n) is 13.6. The summed E-state index contributed by atoms with van der Waals surface area (Å²) < 4.78 is 12.1. The summed E-state index contributed by atoms with van der Waals surface area (Å²) in [6.45, 7) is 8.28. The van der Waals surface area contributed by atoms with Crippen molar-refractivity contribution in [2.24, 2.45) is 0 Å². The third kappa shape index (κ3) is 10.1. The maximum atomic E-state index is 12.9. The fourth-order valence-electron chi connectivity index (χ4n) is 7.49. The lowest BCUT2D eigenvalue weighted by Gasteiger charge is -2.46. The molecule has 0 radical (unpaired) electrons. The number of hydrogen-bond donors (Lipinski definition) is 2. The van der Waals surface area contributed by atoms with Crippen LogP contribution in [-0.2, 0) is 19.1 Å². The van der Waals surface area contributed by atoms with E-state index in [0.717, 1.165) is 35.1 Å². The average Bonchev–Trinajstić information content (AvgIpc) is 3.14. The third-order valence-corrected chi connectivity index (χ3v) is 11.6. The van der Waals surface area contributed by atoms with Gasteiger partial charge in [-0.25, -0.2) is 0 Å². The summed E-state index contributed by atoms with van der Waals surface area (Å²) >= 11 is 33.9. The Morgan fingerprint density at radius 3 is 1.22 bits per heavy atom. The largest absolute Gasteiger partial charge is 0.361 e. The fourth-order valence-corrected chi connectivity index (χ4v) is 8.85. The van der Waals surface area contributed by atoms with Gasteiger partial charge in [-0.3, -0.25) is 9.59 Å². The minimum Gasteiger partial charge on any atom is -0.361 e. The van der Waals surface area contributed by atoms with Crippen molar-refractivity contribution in [2.75, 3.05) is 13.2 Å². The highest BCUT2D eigenvalue weighted by atomic mass is 35.5. The van der Waals surface area contributed by atoms with Crippen LogP contribution in [0.1, 0.15) is 87.1 Å². The molecule has 288 valence electrons. The zero-order valence-electron chi connectivity index (χ0n) is 30.6. The van der Waals surface area contributed by atoms with E-state index in [0.29, 0.717) is 20.1 Å². The number of thiol groups is 2. The van der Waals surface area contributed by atoms with E-state index >= 15 is 0 Å². The first-order valence-corrected chi connectivity index (χ1v) is 20.6. The quantitative estimate of drug-likeness (QED) is 0.156. The van der Waals surface area contributed by atoms with Crippen molar-refractivity contribution >= 4 is 83.5 Å². The van der Waals surface area contributed by atoms with Crippen LogP contribution in [0.5, 0.6) is 0 Å². The van der Waals surface area contributed by atoms with Crippen LogP contribution in [0.25, 0.3) is 0 Å². The number of ether oxygens (including phenoxy) is 2. The fraction of sp³-hybridized carbons (Fsp3) is 0.381. The Hall–Kier alpha value is -2.40. The van der Waals surface area contributed by atoms with E-state index in [1.807, 2.05) is 121 Å². The Balaban J connectivity index is 0.000000208. The molecular formula is C42H46Cl4N2O4S2. The van der Waals surface area contributed by atoms with Gasteiger partial charge >= 0.3 is 0 Å². The summed E-state index contributed by atoms with van der Waals surface area (Å²) in [6, 6.07) is 29.8. The molecule has 6 nitrogen and oxygen atoms in total. The molecule has 4 aromatic carbocycles. The summed E-state index contributed by atoms with van der Waals surface area (Å²) in [5.41, 5.74) is 3.85. The Morgan fingerprint density at radius 1 is 0.574 bits per heavy atom. The summed E-state index contributed by atoms with van der Waals surface area (Å²) in [5, 5.41) is 2.66. The van der Waals surface area contributed by atoms with Gasteiger partial charge in [-0.05, 0) is 83.6 Å². The van der Waals surface area contributed by atoms with Gasteiger partial charge in [-0.1, -0.05) is 123 Å². The van der Waals surface area contributed by atoms with Gasteiger partial charge in [-0.15, -0.1) is 0 Å². The number of carbonyl (C=O) groups is 2. The third-order valence-electron chi connectivity index (χ3n) is 9.96. The van der Waals surface area contributed by atoms with Crippen molar-refractivity contribution < 1.29 is 19.1 Å². The van der Waals surface area contributed by atoms with Gasteiger partial charge in [0.15, 0.2) is 0 Å². The van der Waals surface area contributed by atoms with Crippen LogP contribution < -0.4 is 0 Å². The minimum atomic E-state index is -0.316. The first kappa shape index (κ1) is 42.7. The molecule has 4 aromatic rings. The monoisotopic (exact) mass is 846 g/mol. The zero-order valence-corrected chi connectivity index (χ0v) is 35.4. The second-order valence-corrected chi connectivity index (χ2v) is 17.0. The molecule has 2 aliphatic rings. The molecule has 54 heavy (non-hydrogen) atoms. The van der Waals surface area contributed by atoms with E-state index in [1.165, 1.54) is 0 Å². The highest BCUT2D eigenvalue weighted by Gasteiger charge is 2.44. The summed E-state index contributed by atoms with van der Waals surface area (Å²) in [4.78, 5) is 29.7. The lowest BCUT2D eigenvalue weighted by atomic mass is 9.90. The Kier molecular flexibility index (Phi) is 15.5. The maximum absolute atomic E-state index is 12.9. The predicted octanol–water partition coefficient (Wildman–Crippen LogP) is 11.5. The predicted molar refractivity (Wildman–Crippen MR) is 227 cm³/mol. The molecule has 0 spiro atoms. The topological polar surface area (TPSA) is 59.1 Å². The van der Waals surface area contributed by atoms with E-state index in [1.54, 1.807) is 0 Å². The van der Waals surface area contributed by atoms with E-state index in [2.05, 4.69) is 39.1 Å². The Morgan fingerprint density at radius 2 is 0.926 bits per heavy atom. The van der Waals surface area contributed by atoms with Crippen LogP contribution in [0, 0.1) is 0 Å². The van der Waals surface area contributed by atoms with Gasteiger partial charge in [-0.2, -0.15) is 25.3 Å². The van der Waals surface area contributed by atoms with Crippen molar-refractivity contribution in [3.63, 3.8) is 0 Å². The molecule has 12 heteroatoms. The SMILES string of the molecule is CC[C@@H]([C@@H](C)S)N1C(=O)CO[C@H](c2cccc(Cl)c2)[C@H]1c1ccc(Cl)cc1.CC[C@@H]([C@H](C)S)N1C(=O)CO[C@H](c2cccc(Cl)c2)[C@H]1c1ccc(Cl)cc1. The van der Waals surface area contributed by atoms with Gasteiger partial charge in [0.05, 0.1) is 12.1 Å². The number of carbonyl (C=O) groups excluding carboxylic acids is 2. The number of nitrogens with zero attached hydrogens (tertiary/aromatic N) is 2. The molecule has 0 bridgehead atoms. The number of amides is 2. The molecular weight excluding hydrogens is 802 g/mol. The molecule has 0 saturated carbocycles. The molecule has 8 atom stereocenters. The van der Waals surface area contributed by atoms with Crippen LogP contribution >= 0.6 is 71.7 Å². The highest BCUT2D eigenvalue weighted by Crippen LogP contribution is 2.44. The number of hydrogen-bond acceptors (Lipinski definition) is 6. The van der Waals surface area contributed by atoms with Crippen LogP contribution in [0.15, 0.2) is 97.1 Å².